The van der Waals surface area contributed by atoms with Crippen molar-refractivity contribution in [1.82, 2.24) is 0 Å². The van der Waals surface area contributed by atoms with Gasteiger partial charge >= 0.3 is 0 Å². The van der Waals surface area contributed by atoms with Crippen LogP contribution in [0.4, 0.5) is 0 Å². The van der Waals surface area contributed by atoms with Gasteiger partial charge in [0, 0.05) is 0 Å². The van der Waals surface area contributed by atoms with Gasteiger partial charge in [0.2, 0.25) is 0 Å². The smallest absolute Gasteiger partial charge is 0.0179 e. The van der Waals surface area contributed by atoms with E-state index in [1.165, 1.54) is 57.8 Å². The quantitative estimate of drug-likeness (QED) is 0.589. The summed E-state index contributed by atoms with van der Waals surface area (Å²) in [5.41, 5.74) is 0.745. The zero-order valence-electron chi connectivity index (χ0n) is 11.5. The minimum absolute atomic E-state index is 0.745. The summed E-state index contributed by atoms with van der Waals surface area (Å²) in [5, 5.41) is 0. The van der Waals surface area contributed by atoms with Crippen LogP contribution in [0.1, 0.15) is 89.9 Å². The third-order valence-electron chi connectivity index (χ3n) is 5.92. The largest absolute Gasteiger partial charge is 0.0533 e. The Morgan fingerprint density at radius 1 is 0.765 bits per heavy atom. The normalized spacial score (nSPS) is 31.1. The van der Waals surface area contributed by atoms with Crippen molar-refractivity contribution in [3.63, 3.8) is 0 Å². The molecule has 0 heteroatoms. The molecule has 3 aliphatic carbocycles. The maximum Gasteiger partial charge on any atom is -0.0179 e. The highest BCUT2D eigenvalue weighted by atomic mass is 14.5. The van der Waals surface area contributed by atoms with Crippen LogP contribution in [0.5, 0.6) is 0 Å². The van der Waals surface area contributed by atoms with E-state index in [1.54, 1.807) is 32.1 Å². The van der Waals surface area contributed by atoms with E-state index >= 15 is 0 Å². The van der Waals surface area contributed by atoms with Gasteiger partial charge in [-0.25, -0.2) is 0 Å². The van der Waals surface area contributed by atoms with Crippen molar-refractivity contribution in [2.45, 2.75) is 89.9 Å². The molecular weight excluding hydrogens is 204 g/mol. The molecule has 3 aliphatic rings. The van der Waals surface area contributed by atoms with E-state index in [1.807, 2.05) is 5.92 Å². The van der Waals surface area contributed by atoms with E-state index < -0.39 is 0 Å². The van der Waals surface area contributed by atoms with Crippen LogP contribution in [-0.4, -0.2) is 0 Å². The molecule has 3 rings (SSSR count). The lowest BCUT2D eigenvalue weighted by molar-refractivity contribution is 0.203. The maximum absolute atomic E-state index is 2.02. The fourth-order valence-corrected chi connectivity index (χ4v) is 5.03. The van der Waals surface area contributed by atoms with Gasteiger partial charge in [-0.3, -0.25) is 0 Å². The van der Waals surface area contributed by atoms with Gasteiger partial charge in [0.1, 0.15) is 0 Å². The molecule has 3 saturated carbocycles. The van der Waals surface area contributed by atoms with Crippen LogP contribution in [0, 0.1) is 17.3 Å². The van der Waals surface area contributed by atoms with Crippen molar-refractivity contribution in [3.05, 3.63) is 5.92 Å². The fourth-order valence-electron chi connectivity index (χ4n) is 5.03. The monoisotopic (exact) mass is 233 g/mol. The summed E-state index contributed by atoms with van der Waals surface area (Å²) in [6, 6.07) is 0. The van der Waals surface area contributed by atoms with Gasteiger partial charge < -0.3 is 0 Å². The third kappa shape index (κ3) is 2.56. The van der Waals surface area contributed by atoms with E-state index in [0.29, 0.717) is 0 Å². The van der Waals surface area contributed by atoms with Crippen LogP contribution >= 0.6 is 0 Å². The molecule has 1 radical (unpaired) electrons. The standard InChI is InChI=1S/C17H29/c1-2-10-16(11-3-1)17(12-6-7-13-17)14-15-8-4-5-9-15/h15H,1-14H2. The molecule has 0 N–H and O–H groups in total. The first kappa shape index (κ1) is 12.1. The molecule has 0 aromatic rings. The maximum atomic E-state index is 2.02. The van der Waals surface area contributed by atoms with Gasteiger partial charge in [0.15, 0.2) is 0 Å². The summed E-state index contributed by atoms with van der Waals surface area (Å²) in [6.45, 7) is 0. The summed E-state index contributed by atoms with van der Waals surface area (Å²) >= 11 is 0. The van der Waals surface area contributed by atoms with E-state index in [0.717, 1.165) is 11.3 Å². The predicted octanol–water partition coefficient (Wildman–Crippen LogP) is 5.67. The van der Waals surface area contributed by atoms with Crippen LogP contribution in [0.3, 0.4) is 0 Å². The molecule has 0 aromatic carbocycles. The zero-order valence-corrected chi connectivity index (χ0v) is 11.5. The molecule has 0 saturated heterocycles. The molecule has 97 valence electrons. The van der Waals surface area contributed by atoms with E-state index in [9.17, 15) is 0 Å². The van der Waals surface area contributed by atoms with E-state index in [2.05, 4.69) is 0 Å². The molecule has 3 fully saturated rings. The molecule has 0 spiro atoms. The molecule has 0 aliphatic heterocycles. The van der Waals surface area contributed by atoms with Crippen molar-refractivity contribution >= 4 is 0 Å². The molecule has 0 nitrogen and oxygen atoms in total. The Bertz CT molecular complexity index is 224. The topological polar surface area (TPSA) is 0 Å². The molecule has 0 atom stereocenters. The summed E-state index contributed by atoms with van der Waals surface area (Å²) in [4.78, 5) is 0. The molecule has 0 amide bonds. The molecule has 0 unspecified atom stereocenters. The highest BCUT2D eigenvalue weighted by Gasteiger charge is 2.43. The van der Waals surface area contributed by atoms with Crippen LogP contribution in [-0.2, 0) is 0 Å². The minimum atomic E-state index is 0.745. The SMILES string of the molecule is C1CC[C](C2(CC3CCCC3)CCCC2)CC1. The second kappa shape index (κ2) is 5.33. The lowest BCUT2D eigenvalue weighted by Gasteiger charge is -2.41. The van der Waals surface area contributed by atoms with Gasteiger partial charge in [-0.15, -0.1) is 0 Å². The van der Waals surface area contributed by atoms with Gasteiger partial charge in [0.05, 0.1) is 0 Å². The predicted molar refractivity (Wildman–Crippen MR) is 73.8 cm³/mol. The average molecular weight is 233 g/mol. The van der Waals surface area contributed by atoms with Gasteiger partial charge in [-0.2, -0.15) is 0 Å². The van der Waals surface area contributed by atoms with E-state index in [-0.39, 0.29) is 0 Å². The van der Waals surface area contributed by atoms with Crippen LogP contribution < -0.4 is 0 Å². The Balaban J connectivity index is 1.67. The Morgan fingerprint density at radius 3 is 2.06 bits per heavy atom. The number of hydrogen-bond donors (Lipinski definition) is 0. The van der Waals surface area contributed by atoms with Crippen molar-refractivity contribution in [3.8, 4) is 0 Å². The first-order valence-electron chi connectivity index (χ1n) is 8.24. The van der Waals surface area contributed by atoms with Gasteiger partial charge in [0.25, 0.3) is 0 Å². The molecule has 0 heterocycles. The second-order valence-electron chi connectivity index (χ2n) is 7.01. The van der Waals surface area contributed by atoms with Crippen LogP contribution in [0.2, 0.25) is 0 Å². The van der Waals surface area contributed by atoms with Crippen LogP contribution in [0.15, 0.2) is 0 Å². The number of hydrogen-bond acceptors (Lipinski definition) is 0. The van der Waals surface area contributed by atoms with Crippen molar-refractivity contribution < 1.29 is 0 Å². The molecular formula is C17H29. The summed E-state index contributed by atoms with van der Waals surface area (Å²) in [6.07, 6.45) is 21.4. The molecule has 0 bridgehead atoms. The van der Waals surface area contributed by atoms with Gasteiger partial charge in [-0.05, 0) is 49.4 Å². The Hall–Kier alpha value is 0. The molecule has 0 aromatic heterocycles. The molecule has 17 heavy (non-hydrogen) atoms. The Kier molecular flexibility index (Phi) is 3.78. The second-order valence-corrected chi connectivity index (χ2v) is 7.01. The van der Waals surface area contributed by atoms with Crippen molar-refractivity contribution in [2.75, 3.05) is 0 Å². The third-order valence-corrected chi connectivity index (χ3v) is 5.92. The van der Waals surface area contributed by atoms with Crippen LogP contribution in [0.25, 0.3) is 0 Å². The first-order valence-corrected chi connectivity index (χ1v) is 8.24. The average Bonchev–Trinajstić information content (AvgIpc) is 3.03. The summed E-state index contributed by atoms with van der Waals surface area (Å²) in [5.74, 6) is 3.12. The Labute approximate surface area is 108 Å². The first-order chi connectivity index (χ1) is 8.39. The summed E-state index contributed by atoms with van der Waals surface area (Å²) < 4.78 is 0. The number of rotatable bonds is 3. The summed E-state index contributed by atoms with van der Waals surface area (Å²) in [7, 11) is 0. The van der Waals surface area contributed by atoms with Crippen molar-refractivity contribution in [1.29, 1.82) is 0 Å². The highest BCUT2D eigenvalue weighted by Crippen LogP contribution is 2.55. The van der Waals surface area contributed by atoms with Crippen molar-refractivity contribution in [2.24, 2.45) is 11.3 Å². The lowest BCUT2D eigenvalue weighted by atomic mass is 9.63. The highest BCUT2D eigenvalue weighted by molar-refractivity contribution is 5.10. The van der Waals surface area contributed by atoms with E-state index in [4.69, 9.17) is 0 Å². The fraction of sp³-hybridized carbons (Fsp3) is 0.941. The lowest BCUT2D eigenvalue weighted by Crippen LogP contribution is -2.29. The van der Waals surface area contributed by atoms with Gasteiger partial charge in [-0.1, -0.05) is 57.8 Å². The minimum Gasteiger partial charge on any atom is -0.0533 e. The zero-order chi connectivity index (χ0) is 11.6. The Morgan fingerprint density at radius 2 is 1.41 bits per heavy atom.